The summed E-state index contributed by atoms with van der Waals surface area (Å²) in [4.78, 5) is 32.7. The molecular weight excluding hydrogens is 611 g/mol. The Bertz CT molecular complexity index is 1330. The van der Waals surface area contributed by atoms with Gasteiger partial charge in [0.25, 0.3) is 0 Å². The maximum Gasteiger partial charge on any atom is 0.416 e. The number of amides is 1. The molecule has 8 nitrogen and oxygen atoms in total. The van der Waals surface area contributed by atoms with Crippen molar-refractivity contribution in [2.24, 2.45) is 23.7 Å². The monoisotopic (exact) mass is 659 g/mol. The number of halogens is 3. The second kappa shape index (κ2) is 14.2. The Labute approximate surface area is 275 Å². The third-order valence-corrected chi connectivity index (χ3v) is 11.5. The molecule has 0 spiro atoms. The number of nitrogens with zero attached hydrogens (tertiary/aromatic N) is 3. The maximum absolute atomic E-state index is 14.7. The molecule has 5 atom stereocenters. The van der Waals surface area contributed by atoms with E-state index in [-0.39, 0.29) is 42.0 Å². The fourth-order valence-corrected chi connectivity index (χ4v) is 8.96. The number of methoxy groups -OCH3 is 2. The molecule has 258 valence electrons. The van der Waals surface area contributed by atoms with E-state index in [1.807, 2.05) is 21.9 Å². The molecule has 3 aliphatic heterocycles. The number of carboxylic acids is 1. The van der Waals surface area contributed by atoms with Crippen molar-refractivity contribution in [1.82, 2.24) is 14.7 Å². The highest BCUT2D eigenvalue weighted by Gasteiger charge is 2.48. The van der Waals surface area contributed by atoms with Gasteiger partial charge in [-0.2, -0.15) is 13.2 Å². The van der Waals surface area contributed by atoms with Crippen LogP contribution in [0, 0.1) is 23.7 Å². The van der Waals surface area contributed by atoms with E-state index in [1.54, 1.807) is 14.2 Å². The Hall–Kier alpha value is -3.05. The Morgan fingerprint density at radius 1 is 0.957 bits per heavy atom. The predicted octanol–water partition coefficient (Wildman–Crippen LogP) is 5.71. The van der Waals surface area contributed by atoms with Crippen molar-refractivity contribution in [1.29, 1.82) is 0 Å². The summed E-state index contributed by atoms with van der Waals surface area (Å²) in [6, 6.07) is 8.37. The zero-order chi connectivity index (χ0) is 33.3. The van der Waals surface area contributed by atoms with Crippen LogP contribution in [0.5, 0.6) is 5.75 Å². The molecule has 1 saturated carbocycles. The highest BCUT2D eigenvalue weighted by molar-refractivity contribution is 5.81. The number of allylic oxidation sites excluding steroid dienone is 4. The van der Waals surface area contributed by atoms with Gasteiger partial charge in [0.05, 0.1) is 37.2 Å². The maximum atomic E-state index is 14.7. The van der Waals surface area contributed by atoms with Crippen LogP contribution in [0.2, 0.25) is 0 Å². The average molecular weight is 660 g/mol. The molecule has 1 aromatic carbocycles. The van der Waals surface area contributed by atoms with Crippen molar-refractivity contribution < 1.29 is 37.3 Å². The third-order valence-electron chi connectivity index (χ3n) is 11.5. The number of likely N-dealkylation sites (tertiary alicyclic amines) is 3. The smallest absolute Gasteiger partial charge is 0.416 e. The minimum Gasteiger partial charge on any atom is -0.497 e. The Balaban J connectivity index is 1.25. The molecule has 1 N–H and O–H groups in total. The highest BCUT2D eigenvalue weighted by atomic mass is 19.4. The lowest BCUT2D eigenvalue weighted by atomic mass is 9.80. The lowest BCUT2D eigenvalue weighted by Gasteiger charge is -2.40. The number of hydrogen-bond acceptors (Lipinski definition) is 6. The molecular formula is C36H48F3N3O5. The number of carbonyl (C=O) groups is 2. The Kier molecular flexibility index (Phi) is 10.2. The number of carboxylic acid groups (broad SMARTS) is 1. The van der Waals surface area contributed by atoms with Crippen molar-refractivity contribution >= 4 is 11.9 Å². The molecule has 2 aliphatic carbocycles. The van der Waals surface area contributed by atoms with Crippen molar-refractivity contribution in [3.05, 3.63) is 53.3 Å². The minimum absolute atomic E-state index is 0.0363. The molecule has 5 aliphatic rings. The molecule has 6 rings (SSSR count). The molecule has 1 amide bonds. The summed E-state index contributed by atoms with van der Waals surface area (Å²) in [5.74, 6) is -0.887. The predicted molar refractivity (Wildman–Crippen MR) is 171 cm³/mol. The number of benzene rings is 1. The van der Waals surface area contributed by atoms with Gasteiger partial charge in [-0.3, -0.25) is 14.5 Å². The highest BCUT2D eigenvalue weighted by Crippen LogP contribution is 2.45. The van der Waals surface area contributed by atoms with Gasteiger partial charge in [-0.1, -0.05) is 31.1 Å². The summed E-state index contributed by atoms with van der Waals surface area (Å²) in [6.07, 6.45) is 4.54. The number of alkyl halides is 3. The van der Waals surface area contributed by atoms with Crippen LogP contribution in [0.4, 0.5) is 13.2 Å². The third kappa shape index (κ3) is 7.21. The van der Waals surface area contributed by atoms with Gasteiger partial charge in [-0.15, -0.1) is 0 Å². The SMILES string of the molecule is COC[C@@H]1C[C@H](C2CC=C(C(F)(F)F)C=C2N2CCC(C(=O)O)CC2)CN1C(=O)[C@@H]1CN(C2CCCC2)C[C@H]1c1ccc(OC)cc1. The van der Waals surface area contributed by atoms with Crippen LogP contribution in [-0.4, -0.2) is 103 Å². The fourth-order valence-electron chi connectivity index (χ4n) is 8.96. The van der Waals surface area contributed by atoms with Crippen molar-refractivity contribution in [2.45, 2.75) is 75.5 Å². The number of rotatable bonds is 9. The molecule has 0 bridgehead atoms. The first-order chi connectivity index (χ1) is 22.6. The van der Waals surface area contributed by atoms with Crippen molar-refractivity contribution in [3.63, 3.8) is 0 Å². The normalized spacial score (nSPS) is 29.7. The summed E-state index contributed by atoms with van der Waals surface area (Å²) in [6.45, 7) is 3.17. The van der Waals surface area contributed by atoms with E-state index in [0.717, 1.165) is 30.7 Å². The standard InChI is InChI=1S/C36H48F3N3O5/c1-46-22-28-17-25(30-12-9-26(36(37,38)39)18-33(30)40-15-13-24(14-16-40)35(44)45)19-42(28)34(43)32-21-41(27-5-3-4-6-27)20-31(32)23-7-10-29(47-2)11-8-23/h7-11,18,24-25,27-28,30-32H,3-6,12-17,19-22H2,1-2H3,(H,44,45)/t25-,28-,30?,31-,32+/m0/s1. The van der Waals surface area contributed by atoms with E-state index in [1.165, 1.54) is 25.0 Å². The molecule has 1 aromatic rings. The van der Waals surface area contributed by atoms with Gasteiger partial charge in [0, 0.05) is 63.4 Å². The van der Waals surface area contributed by atoms with Gasteiger partial charge >= 0.3 is 12.1 Å². The topological polar surface area (TPSA) is 82.5 Å². The Morgan fingerprint density at radius 3 is 2.28 bits per heavy atom. The minimum atomic E-state index is -4.46. The Morgan fingerprint density at radius 2 is 1.66 bits per heavy atom. The molecule has 11 heteroatoms. The van der Waals surface area contributed by atoms with Crippen LogP contribution < -0.4 is 4.74 Å². The van der Waals surface area contributed by atoms with Crippen LogP contribution in [0.25, 0.3) is 0 Å². The molecule has 3 heterocycles. The van der Waals surface area contributed by atoms with Gasteiger partial charge in [0.2, 0.25) is 5.91 Å². The van der Waals surface area contributed by atoms with E-state index in [9.17, 15) is 27.9 Å². The summed E-state index contributed by atoms with van der Waals surface area (Å²) in [5.41, 5.74) is 1.10. The first kappa shape index (κ1) is 33.8. The first-order valence-electron chi connectivity index (χ1n) is 17.2. The number of aliphatic carboxylic acids is 1. The van der Waals surface area contributed by atoms with Gasteiger partial charge < -0.3 is 24.4 Å². The van der Waals surface area contributed by atoms with Gasteiger partial charge in [-0.05, 0) is 68.2 Å². The second-order valence-electron chi connectivity index (χ2n) is 14.1. The van der Waals surface area contributed by atoms with Gasteiger partial charge in [-0.25, -0.2) is 0 Å². The summed E-state index contributed by atoms with van der Waals surface area (Å²) >= 11 is 0. The fraction of sp³-hybridized carbons (Fsp3) is 0.667. The largest absolute Gasteiger partial charge is 0.497 e. The quantitative estimate of drug-likeness (QED) is 0.364. The van der Waals surface area contributed by atoms with Crippen molar-refractivity contribution in [3.8, 4) is 5.75 Å². The lowest BCUT2D eigenvalue weighted by molar-refractivity contribution is -0.143. The average Bonchev–Trinajstić information content (AvgIpc) is 3.85. The first-order valence-corrected chi connectivity index (χ1v) is 17.2. The molecule has 0 aromatic heterocycles. The van der Waals surface area contributed by atoms with Crippen LogP contribution in [-0.2, 0) is 14.3 Å². The molecule has 1 unspecified atom stereocenters. The molecule has 3 saturated heterocycles. The number of ether oxygens (including phenoxy) is 2. The van der Waals surface area contributed by atoms with E-state index in [0.29, 0.717) is 63.8 Å². The van der Waals surface area contributed by atoms with Crippen LogP contribution >= 0.6 is 0 Å². The zero-order valence-corrected chi connectivity index (χ0v) is 27.5. The zero-order valence-electron chi connectivity index (χ0n) is 27.5. The van der Waals surface area contributed by atoms with Crippen LogP contribution in [0.1, 0.15) is 62.8 Å². The summed E-state index contributed by atoms with van der Waals surface area (Å²) < 4.78 is 52.8. The molecule has 47 heavy (non-hydrogen) atoms. The van der Waals surface area contributed by atoms with E-state index >= 15 is 0 Å². The van der Waals surface area contributed by atoms with E-state index < -0.39 is 23.6 Å². The molecule has 4 fully saturated rings. The van der Waals surface area contributed by atoms with Gasteiger partial charge in [0.1, 0.15) is 5.75 Å². The van der Waals surface area contributed by atoms with Gasteiger partial charge in [0.15, 0.2) is 0 Å². The number of hydrogen-bond donors (Lipinski definition) is 1. The molecule has 0 radical (unpaired) electrons. The second-order valence-corrected chi connectivity index (χ2v) is 14.1. The number of piperidine rings is 1. The van der Waals surface area contributed by atoms with E-state index in [2.05, 4.69) is 17.0 Å². The van der Waals surface area contributed by atoms with Crippen molar-refractivity contribution in [2.75, 3.05) is 53.6 Å². The van der Waals surface area contributed by atoms with Crippen LogP contribution in [0.15, 0.2) is 47.7 Å². The lowest BCUT2D eigenvalue weighted by Crippen LogP contribution is -2.44. The van der Waals surface area contributed by atoms with E-state index in [4.69, 9.17) is 9.47 Å². The van der Waals surface area contributed by atoms with Crippen LogP contribution in [0.3, 0.4) is 0 Å². The summed E-state index contributed by atoms with van der Waals surface area (Å²) in [7, 11) is 3.27. The number of carbonyl (C=O) groups excluding carboxylic acids is 1. The summed E-state index contributed by atoms with van der Waals surface area (Å²) in [5, 5.41) is 9.50.